The summed E-state index contributed by atoms with van der Waals surface area (Å²) in [6.07, 6.45) is 0.513. The van der Waals surface area contributed by atoms with E-state index in [4.69, 9.17) is 22.2 Å². The fraction of sp³-hybridized carbons (Fsp3) is 0.200. The largest absolute Gasteiger partial charge is 0.494 e. The minimum absolute atomic E-state index is 0.210. The van der Waals surface area contributed by atoms with E-state index in [2.05, 4.69) is 21.4 Å². The third-order valence-corrected chi connectivity index (χ3v) is 4.02. The molecule has 112 valence electrons. The number of hydrazine groups is 1. The first-order valence-electron chi connectivity index (χ1n) is 6.28. The molecular formula is C15H15BrClFN2O. The van der Waals surface area contributed by atoms with Crippen LogP contribution >= 0.6 is 27.5 Å². The molecule has 0 aromatic heterocycles. The Hall–Kier alpha value is -1.14. The maximum atomic E-state index is 13.7. The van der Waals surface area contributed by atoms with E-state index in [0.717, 1.165) is 15.6 Å². The van der Waals surface area contributed by atoms with Crippen molar-refractivity contribution in [2.45, 2.75) is 12.5 Å². The molecule has 0 spiro atoms. The quantitative estimate of drug-likeness (QED) is 0.615. The first kappa shape index (κ1) is 16.2. The molecule has 0 aliphatic heterocycles. The zero-order chi connectivity index (χ0) is 15.4. The Morgan fingerprint density at radius 3 is 2.67 bits per heavy atom. The summed E-state index contributed by atoms with van der Waals surface area (Å²) in [4.78, 5) is 0. The molecule has 21 heavy (non-hydrogen) atoms. The number of nitrogens with one attached hydrogen (secondary N) is 1. The van der Waals surface area contributed by atoms with Crippen LogP contribution in [0.1, 0.15) is 17.2 Å². The van der Waals surface area contributed by atoms with Crippen LogP contribution in [0.4, 0.5) is 4.39 Å². The van der Waals surface area contributed by atoms with E-state index in [-0.39, 0.29) is 11.8 Å². The van der Waals surface area contributed by atoms with Crippen molar-refractivity contribution in [3.63, 3.8) is 0 Å². The molecule has 0 fully saturated rings. The van der Waals surface area contributed by atoms with Crippen molar-refractivity contribution in [2.24, 2.45) is 5.84 Å². The van der Waals surface area contributed by atoms with Crippen LogP contribution in [0.25, 0.3) is 0 Å². The van der Waals surface area contributed by atoms with Gasteiger partial charge in [-0.25, -0.2) is 4.39 Å². The van der Waals surface area contributed by atoms with Gasteiger partial charge >= 0.3 is 0 Å². The fourth-order valence-corrected chi connectivity index (χ4v) is 2.92. The van der Waals surface area contributed by atoms with Gasteiger partial charge in [0.25, 0.3) is 0 Å². The summed E-state index contributed by atoms with van der Waals surface area (Å²) in [6, 6.07) is 10.2. The van der Waals surface area contributed by atoms with Gasteiger partial charge in [0.2, 0.25) is 0 Å². The van der Waals surface area contributed by atoms with Crippen molar-refractivity contribution >= 4 is 27.5 Å². The predicted molar refractivity (Wildman–Crippen MR) is 85.9 cm³/mol. The van der Waals surface area contributed by atoms with Crippen molar-refractivity contribution in [1.82, 2.24) is 5.43 Å². The summed E-state index contributed by atoms with van der Waals surface area (Å²) in [5.74, 6) is 5.44. The van der Waals surface area contributed by atoms with Crippen LogP contribution in [0.5, 0.6) is 5.75 Å². The SMILES string of the molecule is COc1ccc(CC(NN)c2ccc(Br)cc2Cl)cc1F. The zero-order valence-electron chi connectivity index (χ0n) is 11.4. The van der Waals surface area contributed by atoms with Crippen LogP contribution < -0.4 is 16.0 Å². The number of hydrogen-bond donors (Lipinski definition) is 2. The van der Waals surface area contributed by atoms with E-state index in [9.17, 15) is 4.39 Å². The van der Waals surface area contributed by atoms with Gasteiger partial charge in [-0.3, -0.25) is 11.3 Å². The highest BCUT2D eigenvalue weighted by atomic mass is 79.9. The number of rotatable bonds is 5. The van der Waals surface area contributed by atoms with E-state index in [1.807, 2.05) is 12.1 Å². The number of nitrogens with two attached hydrogens (primary N) is 1. The Morgan fingerprint density at radius 1 is 1.33 bits per heavy atom. The molecule has 0 amide bonds. The summed E-state index contributed by atoms with van der Waals surface area (Å²) in [5, 5.41) is 0.598. The summed E-state index contributed by atoms with van der Waals surface area (Å²) < 4.78 is 19.5. The van der Waals surface area contributed by atoms with E-state index in [1.54, 1.807) is 18.2 Å². The van der Waals surface area contributed by atoms with Crippen LogP contribution in [0.2, 0.25) is 5.02 Å². The molecule has 3 nitrogen and oxygen atoms in total. The van der Waals surface area contributed by atoms with E-state index >= 15 is 0 Å². The number of ether oxygens (including phenoxy) is 1. The first-order valence-corrected chi connectivity index (χ1v) is 7.45. The monoisotopic (exact) mass is 372 g/mol. The Bertz CT molecular complexity index is 639. The van der Waals surface area contributed by atoms with Crippen molar-refractivity contribution in [1.29, 1.82) is 0 Å². The summed E-state index contributed by atoms with van der Waals surface area (Å²) >= 11 is 9.59. The molecular weight excluding hydrogens is 359 g/mol. The van der Waals surface area contributed by atoms with Crippen LogP contribution in [0, 0.1) is 5.82 Å². The maximum absolute atomic E-state index is 13.7. The van der Waals surface area contributed by atoms with Crippen molar-refractivity contribution in [3.8, 4) is 5.75 Å². The first-order chi connectivity index (χ1) is 10.0. The van der Waals surface area contributed by atoms with Gasteiger partial charge in [-0.2, -0.15) is 0 Å². The van der Waals surface area contributed by atoms with Gasteiger partial charge in [0.05, 0.1) is 13.2 Å². The Kier molecular flexibility index (Phi) is 5.58. The normalized spacial score (nSPS) is 12.2. The molecule has 3 N–H and O–H groups in total. The molecule has 0 aliphatic carbocycles. The molecule has 1 atom stereocenters. The molecule has 0 heterocycles. The molecule has 0 aliphatic rings. The third-order valence-electron chi connectivity index (χ3n) is 3.20. The number of benzene rings is 2. The van der Waals surface area contributed by atoms with Crippen LogP contribution in [-0.4, -0.2) is 7.11 Å². The van der Waals surface area contributed by atoms with Crippen LogP contribution in [0.15, 0.2) is 40.9 Å². The highest BCUT2D eigenvalue weighted by Crippen LogP contribution is 2.29. The summed E-state index contributed by atoms with van der Waals surface area (Å²) in [7, 11) is 1.43. The van der Waals surface area contributed by atoms with Gasteiger partial charge in [-0.1, -0.05) is 39.7 Å². The van der Waals surface area contributed by atoms with Gasteiger partial charge in [-0.15, -0.1) is 0 Å². The molecule has 0 saturated heterocycles. The Labute approximate surface area is 136 Å². The molecule has 2 aromatic carbocycles. The van der Waals surface area contributed by atoms with Gasteiger partial charge in [-0.05, 0) is 41.8 Å². The summed E-state index contributed by atoms with van der Waals surface area (Å²) in [6.45, 7) is 0. The second-order valence-electron chi connectivity index (χ2n) is 4.56. The van der Waals surface area contributed by atoms with Crippen LogP contribution in [0.3, 0.4) is 0 Å². The molecule has 6 heteroatoms. The van der Waals surface area contributed by atoms with E-state index < -0.39 is 5.82 Å². The lowest BCUT2D eigenvalue weighted by Gasteiger charge is -2.18. The second kappa shape index (κ2) is 7.22. The van der Waals surface area contributed by atoms with Crippen molar-refractivity contribution in [2.75, 3.05) is 7.11 Å². The predicted octanol–water partition coefficient (Wildman–Crippen LogP) is 4.00. The molecule has 0 saturated carbocycles. The lowest BCUT2D eigenvalue weighted by Crippen LogP contribution is -2.29. The molecule has 2 aromatic rings. The average molecular weight is 374 g/mol. The molecule has 1 unspecified atom stereocenters. The van der Waals surface area contributed by atoms with E-state index in [1.165, 1.54) is 13.2 Å². The van der Waals surface area contributed by atoms with Gasteiger partial charge in [0, 0.05) is 9.50 Å². The lowest BCUT2D eigenvalue weighted by atomic mass is 9.99. The third kappa shape index (κ3) is 3.95. The standard InChI is InChI=1S/C15H15BrClFN2O/c1-21-15-5-2-9(6-13(15)18)7-14(20-19)11-4-3-10(16)8-12(11)17/h2-6,8,14,20H,7,19H2,1H3. The number of hydrogen-bond acceptors (Lipinski definition) is 3. The summed E-state index contributed by atoms with van der Waals surface area (Å²) in [5.41, 5.74) is 4.38. The molecule has 0 radical (unpaired) electrons. The van der Waals surface area contributed by atoms with Gasteiger partial charge in [0.15, 0.2) is 11.6 Å². The second-order valence-corrected chi connectivity index (χ2v) is 5.88. The highest BCUT2D eigenvalue weighted by Gasteiger charge is 2.15. The smallest absolute Gasteiger partial charge is 0.165 e. The minimum atomic E-state index is -0.396. The lowest BCUT2D eigenvalue weighted by molar-refractivity contribution is 0.386. The fourth-order valence-electron chi connectivity index (χ4n) is 2.12. The zero-order valence-corrected chi connectivity index (χ0v) is 13.7. The van der Waals surface area contributed by atoms with Crippen molar-refractivity contribution in [3.05, 3.63) is 62.8 Å². The average Bonchev–Trinajstić information content (AvgIpc) is 2.45. The number of methoxy groups -OCH3 is 1. The van der Waals surface area contributed by atoms with Crippen LogP contribution in [-0.2, 0) is 6.42 Å². The Morgan fingerprint density at radius 2 is 2.10 bits per heavy atom. The molecule has 0 bridgehead atoms. The Balaban J connectivity index is 2.24. The van der Waals surface area contributed by atoms with E-state index in [0.29, 0.717) is 11.4 Å². The topological polar surface area (TPSA) is 47.3 Å². The highest BCUT2D eigenvalue weighted by molar-refractivity contribution is 9.10. The molecule has 2 rings (SSSR count). The maximum Gasteiger partial charge on any atom is 0.165 e. The number of halogens is 3. The minimum Gasteiger partial charge on any atom is -0.494 e. The van der Waals surface area contributed by atoms with Gasteiger partial charge < -0.3 is 4.74 Å². The van der Waals surface area contributed by atoms with Crippen molar-refractivity contribution < 1.29 is 9.13 Å². The van der Waals surface area contributed by atoms with Gasteiger partial charge in [0.1, 0.15) is 0 Å².